The maximum Gasteiger partial charge on any atom is 0.174 e. The van der Waals surface area contributed by atoms with E-state index >= 15 is 0 Å². The molecule has 0 atom stereocenters. The number of carbonyl (C=O) groups excluding carboxylic acids is 1. The first kappa shape index (κ1) is 12.1. The molecule has 0 spiro atoms. The Hall–Kier alpha value is -0.380. The molecular weight excluding hydrogens is 242 g/mol. The van der Waals surface area contributed by atoms with E-state index in [0.717, 1.165) is 24.5 Å². The third kappa shape index (κ3) is 3.30. The van der Waals surface area contributed by atoms with Gasteiger partial charge in [-0.2, -0.15) is 0 Å². The van der Waals surface area contributed by atoms with Crippen molar-refractivity contribution in [3.63, 3.8) is 0 Å². The number of nitrogens with zero attached hydrogens (tertiary/aromatic N) is 1. The lowest BCUT2D eigenvalue weighted by molar-refractivity contribution is 0.0962. The predicted octanol–water partition coefficient (Wildman–Crippen LogP) is 3.46. The Morgan fingerprint density at radius 2 is 2.06 bits per heavy atom. The monoisotopic (exact) mass is 257 g/mol. The lowest BCUT2D eigenvalue weighted by atomic mass is 10.1. The number of carbonyl (C=O) groups is 1. The minimum atomic E-state index is 0.225. The van der Waals surface area contributed by atoms with E-state index < -0.39 is 0 Å². The minimum Gasteiger partial charge on any atom is -0.303 e. The number of piperidine rings is 1. The van der Waals surface area contributed by atoms with Crippen LogP contribution in [-0.2, 0) is 0 Å². The van der Waals surface area contributed by atoms with Crippen molar-refractivity contribution in [3.05, 3.63) is 21.3 Å². The zero-order valence-corrected chi connectivity index (χ0v) is 10.8. The Bertz CT molecular complexity index is 358. The molecule has 0 N–H and O–H groups in total. The van der Waals surface area contributed by atoms with E-state index in [9.17, 15) is 4.79 Å². The van der Waals surface area contributed by atoms with Crippen LogP contribution in [-0.4, -0.2) is 30.3 Å². The lowest BCUT2D eigenvalue weighted by Gasteiger charge is -2.25. The summed E-state index contributed by atoms with van der Waals surface area (Å²) < 4.78 is 0.696. The standard InChI is InChI=1S/C12H16ClNOS/c13-12-5-4-11(16-12)10(15)6-9-14-7-2-1-3-8-14/h4-5H,1-3,6-9H2. The number of Topliss-reactive ketones (excluding diaryl/α,β-unsaturated/α-hetero) is 1. The molecule has 0 amide bonds. The third-order valence-corrected chi connectivity index (χ3v) is 4.22. The molecule has 1 aromatic heterocycles. The maximum atomic E-state index is 11.8. The van der Waals surface area contributed by atoms with Crippen molar-refractivity contribution >= 4 is 28.7 Å². The fourth-order valence-electron chi connectivity index (χ4n) is 2.03. The Kier molecular flexibility index (Phi) is 4.38. The van der Waals surface area contributed by atoms with Crippen LogP contribution in [0.1, 0.15) is 35.4 Å². The normalized spacial score (nSPS) is 17.6. The SMILES string of the molecule is O=C(CCN1CCCCC1)c1ccc(Cl)s1. The molecule has 2 heterocycles. The molecule has 1 aliphatic heterocycles. The number of likely N-dealkylation sites (tertiary alicyclic amines) is 1. The van der Waals surface area contributed by atoms with Crippen molar-refractivity contribution in [2.75, 3.05) is 19.6 Å². The average molecular weight is 258 g/mol. The summed E-state index contributed by atoms with van der Waals surface area (Å²) in [4.78, 5) is 15.0. The molecular formula is C12H16ClNOS. The van der Waals surface area contributed by atoms with E-state index in [-0.39, 0.29) is 5.78 Å². The van der Waals surface area contributed by atoms with Gasteiger partial charge >= 0.3 is 0 Å². The Labute approximate surface area is 105 Å². The minimum absolute atomic E-state index is 0.225. The molecule has 0 unspecified atom stereocenters. The molecule has 0 aromatic carbocycles. The van der Waals surface area contributed by atoms with Crippen LogP contribution in [0, 0.1) is 0 Å². The summed E-state index contributed by atoms with van der Waals surface area (Å²) in [7, 11) is 0. The van der Waals surface area contributed by atoms with E-state index in [1.165, 1.54) is 30.6 Å². The predicted molar refractivity (Wildman–Crippen MR) is 68.6 cm³/mol. The van der Waals surface area contributed by atoms with Crippen LogP contribution in [0.2, 0.25) is 4.34 Å². The highest BCUT2D eigenvalue weighted by Gasteiger charge is 2.13. The van der Waals surface area contributed by atoms with Crippen molar-refractivity contribution in [3.8, 4) is 0 Å². The van der Waals surface area contributed by atoms with Crippen molar-refractivity contribution in [1.29, 1.82) is 0 Å². The molecule has 2 nitrogen and oxygen atoms in total. The van der Waals surface area contributed by atoms with Crippen LogP contribution in [0.4, 0.5) is 0 Å². The van der Waals surface area contributed by atoms with Gasteiger partial charge in [-0.05, 0) is 38.1 Å². The second kappa shape index (κ2) is 5.80. The summed E-state index contributed by atoms with van der Waals surface area (Å²) in [5.41, 5.74) is 0. The van der Waals surface area contributed by atoms with E-state index in [4.69, 9.17) is 11.6 Å². The van der Waals surface area contributed by atoms with Crippen molar-refractivity contribution in [1.82, 2.24) is 4.90 Å². The van der Waals surface area contributed by atoms with E-state index in [2.05, 4.69) is 4.90 Å². The van der Waals surface area contributed by atoms with Crippen LogP contribution in [0.3, 0.4) is 0 Å². The fourth-order valence-corrected chi connectivity index (χ4v) is 3.04. The quantitative estimate of drug-likeness (QED) is 0.770. The first-order chi connectivity index (χ1) is 7.75. The highest BCUT2D eigenvalue weighted by molar-refractivity contribution is 7.18. The van der Waals surface area contributed by atoms with Crippen LogP contribution in [0.15, 0.2) is 12.1 Å². The smallest absolute Gasteiger partial charge is 0.174 e. The molecule has 16 heavy (non-hydrogen) atoms. The molecule has 0 aliphatic carbocycles. The van der Waals surface area contributed by atoms with Gasteiger partial charge < -0.3 is 4.90 Å². The Morgan fingerprint density at radius 3 is 2.69 bits per heavy atom. The highest BCUT2D eigenvalue weighted by Crippen LogP contribution is 2.22. The van der Waals surface area contributed by atoms with E-state index in [1.54, 1.807) is 6.07 Å². The zero-order valence-electron chi connectivity index (χ0n) is 9.25. The Morgan fingerprint density at radius 1 is 1.31 bits per heavy atom. The summed E-state index contributed by atoms with van der Waals surface area (Å²) in [6.45, 7) is 3.20. The van der Waals surface area contributed by atoms with Crippen LogP contribution in [0.25, 0.3) is 0 Å². The molecule has 2 rings (SSSR count). The van der Waals surface area contributed by atoms with Crippen LogP contribution >= 0.6 is 22.9 Å². The topological polar surface area (TPSA) is 20.3 Å². The first-order valence-electron chi connectivity index (χ1n) is 5.76. The summed E-state index contributed by atoms with van der Waals surface area (Å²) >= 11 is 7.19. The summed E-state index contributed by atoms with van der Waals surface area (Å²) in [5.74, 6) is 0.225. The van der Waals surface area contributed by atoms with Gasteiger partial charge in [0.05, 0.1) is 9.21 Å². The maximum absolute atomic E-state index is 11.8. The van der Waals surface area contributed by atoms with Crippen molar-refractivity contribution in [2.24, 2.45) is 0 Å². The second-order valence-electron chi connectivity index (χ2n) is 4.18. The van der Waals surface area contributed by atoms with Gasteiger partial charge in [-0.3, -0.25) is 4.79 Å². The lowest BCUT2D eigenvalue weighted by Crippen LogP contribution is -2.31. The number of hydrogen-bond acceptors (Lipinski definition) is 3. The van der Waals surface area contributed by atoms with Gasteiger partial charge in [0.1, 0.15) is 0 Å². The zero-order chi connectivity index (χ0) is 11.4. The summed E-state index contributed by atoms with van der Waals surface area (Å²) in [5, 5.41) is 0. The van der Waals surface area contributed by atoms with Gasteiger partial charge in [0, 0.05) is 13.0 Å². The molecule has 1 aliphatic rings. The Balaban J connectivity index is 1.79. The van der Waals surface area contributed by atoms with Crippen molar-refractivity contribution in [2.45, 2.75) is 25.7 Å². The molecule has 1 saturated heterocycles. The number of halogens is 1. The van der Waals surface area contributed by atoms with Gasteiger partial charge in [-0.25, -0.2) is 0 Å². The van der Waals surface area contributed by atoms with E-state index in [0.29, 0.717) is 10.8 Å². The number of hydrogen-bond donors (Lipinski definition) is 0. The second-order valence-corrected chi connectivity index (χ2v) is 5.89. The molecule has 88 valence electrons. The first-order valence-corrected chi connectivity index (χ1v) is 6.96. The van der Waals surface area contributed by atoms with Gasteiger partial charge in [0.15, 0.2) is 5.78 Å². The van der Waals surface area contributed by atoms with Gasteiger partial charge in [0.25, 0.3) is 0 Å². The molecule has 1 aromatic rings. The molecule has 4 heteroatoms. The molecule has 0 radical (unpaired) electrons. The van der Waals surface area contributed by atoms with Gasteiger partial charge in [-0.1, -0.05) is 18.0 Å². The fraction of sp³-hybridized carbons (Fsp3) is 0.583. The largest absolute Gasteiger partial charge is 0.303 e. The van der Waals surface area contributed by atoms with Gasteiger partial charge in [-0.15, -0.1) is 11.3 Å². The van der Waals surface area contributed by atoms with E-state index in [1.807, 2.05) is 6.07 Å². The number of rotatable bonds is 4. The summed E-state index contributed by atoms with van der Waals surface area (Å²) in [6, 6.07) is 3.62. The van der Waals surface area contributed by atoms with Crippen molar-refractivity contribution < 1.29 is 4.79 Å². The molecule has 0 saturated carbocycles. The van der Waals surface area contributed by atoms with Crippen LogP contribution in [0.5, 0.6) is 0 Å². The number of ketones is 1. The van der Waals surface area contributed by atoms with Gasteiger partial charge in [0.2, 0.25) is 0 Å². The molecule has 0 bridgehead atoms. The number of thiophene rings is 1. The third-order valence-electron chi connectivity index (χ3n) is 2.95. The average Bonchev–Trinajstić information content (AvgIpc) is 2.74. The van der Waals surface area contributed by atoms with Crippen LogP contribution < -0.4 is 0 Å². The highest BCUT2D eigenvalue weighted by atomic mass is 35.5. The summed E-state index contributed by atoms with van der Waals surface area (Å²) in [6.07, 6.45) is 4.51. The molecule has 1 fully saturated rings.